The third kappa shape index (κ3) is 2.53. The van der Waals surface area contributed by atoms with Crippen molar-refractivity contribution in [1.82, 2.24) is 0 Å². The molecular formula is C12H14ClNO3. The number of hydrogen-bond donors (Lipinski definition) is 1. The van der Waals surface area contributed by atoms with E-state index in [9.17, 15) is 9.90 Å². The molecule has 1 amide bonds. The van der Waals surface area contributed by atoms with Crippen molar-refractivity contribution in [2.75, 3.05) is 24.4 Å². The fourth-order valence-corrected chi connectivity index (χ4v) is 1.86. The van der Waals surface area contributed by atoms with E-state index in [1.807, 2.05) is 12.1 Å². The van der Waals surface area contributed by atoms with E-state index in [4.69, 9.17) is 16.3 Å². The SMILES string of the molecule is CN1C(=O)Cc2cc(OCC(O)CCl)ccc21. The van der Waals surface area contributed by atoms with Crippen molar-refractivity contribution < 1.29 is 14.6 Å². The average molecular weight is 256 g/mol. The highest BCUT2D eigenvalue weighted by Gasteiger charge is 2.24. The molecule has 1 aromatic carbocycles. The summed E-state index contributed by atoms with van der Waals surface area (Å²) < 4.78 is 5.39. The number of carbonyl (C=O) groups excluding carboxylic acids is 1. The van der Waals surface area contributed by atoms with Crippen molar-refractivity contribution in [2.24, 2.45) is 0 Å². The van der Waals surface area contributed by atoms with Gasteiger partial charge in [-0.05, 0) is 23.8 Å². The third-order valence-electron chi connectivity index (χ3n) is 2.75. The van der Waals surface area contributed by atoms with Crippen LogP contribution in [-0.4, -0.2) is 36.7 Å². The predicted molar refractivity (Wildman–Crippen MR) is 65.8 cm³/mol. The Hall–Kier alpha value is -1.26. The van der Waals surface area contributed by atoms with Gasteiger partial charge in [-0.25, -0.2) is 0 Å². The summed E-state index contributed by atoms with van der Waals surface area (Å²) in [6.07, 6.45) is -0.268. The summed E-state index contributed by atoms with van der Waals surface area (Å²) in [5, 5.41) is 9.28. The lowest BCUT2D eigenvalue weighted by molar-refractivity contribution is -0.117. The molecule has 0 aliphatic carbocycles. The van der Waals surface area contributed by atoms with Gasteiger partial charge in [-0.2, -0.15) is 0 Å². The molecule has 4 nitrogen and oxygen atoms in total. The number of carbonyl (C=O) groups is 1. The molecule has 0 saturated carbocycles. The molecule has 92 valence electrons. The zero-order chi connectivity index (χ0) is 12.4. The summed E-state index contributed by atoms with van der Waals surface area (Å²) in [4.78, 5) is 13.1. The van der Waals surface area contributed by atoms with E-state index in [1.54, 1.807) is 18.0 Å². The summed E-state index contributed by atoms with van der Waals surface area (Å²) in [5.74, 6) is 0.876. The number of aliphatic hydroxyl groups excluding tert-OH is 1. The van der Waals surface area contributed by atoms with Gasteiger partial charge in [-0.15, -0.1) is 11.6 Å². The zero-order valence-electron chi connectivity index (χ0n) is 9.52. The molecule has 0 radical (unpaired) electrons. The second kappa shape index (κ2) is 4.94. The van der Waals surface area contributed by atoms with Crippen LogP contribution in [0.1, 0.15) is 5.56 Å². The molecule has 0 fully saturated rings. The van der Waals surface area contributed by atoms with Crippen molar-refractivity contribution in [2.45, 2.75) is 12.5 Å². The van der Waals surface area contributed by atoms with Crippen LogP contribution in [-0.2, 0) is 11.2 Å². The van der Waals surface area contributed by atoms with E-state index < -0.39 is 6.10 Å². The summed E-state index contributed by atoms with van der Waals surface area (Å²) in [5.41, 5.74) is 1.87. The van der Waals surface area contributed by atoms with Gasteiger partial charge in [0.1, 0.15) is 18.5 Å². The molecular weight excluding hydrogens is 242 g/mol. The first kappa shape index (κ1) is 12.2. The maximum atomic E-state index is 11.5. The lowest BCUT2D eigenvalue weighted by Crippen LogP contribution is -2.20. The molecule has 0 bridgehead atoms. The Balaban J connectivity index is 2.08. The van der Waals surface area contributed by atoms with Crippen LogP contribution < -0.4 is 9.64 Å². The highest BCUT2D eigenvalue weighted by molar-refractivity contribution is 6.18. The lowest BCUT2D eigenvalue weighted by Gasteiger charge is -2.12. The fraction of sp³-hybridized carbons (Fsp3) is 0.417. The quantitative estimate of drug-likeness (QED) is 0.822. The van der Waals surface area contributed by atoms with Crippen LogP contribution in [0.3, 0.4) is 0 Å². The first-order valence-electron chi connectivity index (χ1n) is 5.38. The maximum absolute atomic E-state index is 11.5. The Morgan fingerprint density at radius 2 is 2.35 bits per heavy atom. The number of nitrogens with zero attached hydrogens (tertiary/aromatic N) is 1. The topological polar surface area (TPSA) is 49.8 Å². The highest BCUT2D eigenvalue weighted by atomic mass is 35.5. The second-order valence-electron chi connectivity index (χ2n) is 4.04. The standard InChI is InChI=1S/C12H14ClNO3/c1-14-11-3-2-10(17-7-9(15)6-13)4-8(11)5-12(14)16/h2-4,9,15H,5-7H2,1H3. The van der Waals surface area contributed by atoms with Gasteiger partial charge < -0.3 is 14.7 Å². The number of halogens is 1. The van der Waals surface area contributed by atoms with Gasteiger partial charge >= 0.3 is 0 Å². The molecule has 0 saturated heterocycles. The maximum Gasteiger partial charge on any atom is 0.231 e. The molecule has 1 aliphatic heterocycles. The Morgan fingerprint density at radius 1 is 1.59 bits per heavy atom. The Kier molecular flexibility index (Phi) is 3.54. The van der Waals surface area contributed by atoms with Crippen LogP contribution in [0.25, 0.3) is 0 Å². The summed E-state index contributed by atoms with van der Waals surface area (Å²) >= 11 is 5.47. The van der Waals surface area contributed by atoms with Crippen LogP contribution in [0, 0.1) is 0 Å². The van der Waals surface area contributed by atoms with Gasteiger partial charge in [0.15, 0.2) is 0 Å². The van der Waals surface area contributed by atoms with Gasteiger partial charge in [0, 0.05) is 12.7 Å². The number of likely N-dealkylation sites (N-methyl/N-ethyl adjacent to an activating group) is 1. The Morgan fingerprint density at radius 3 is 3.06 bits per heavy atom. The molecule has 0 aromatic heterocycles. The summed E-state index contributed by atoms with van der Waals surface area (Å²) in [7, 11) is 1.76. The smallest absolute Gasteiger partial charge is 0.231 e. The average Bonchev–Trinajstić information content (AvgIpc) is 2.62. The molecule has 2 rings (SSSR count). The van der Waals surface area contributed by atoms with Crippen LogP contribution in [0.15, 0.2) is 18.2 Å². The first-order valence-corrected chi connectivity index (χ1v) is 5.91. The van der Waals surface area contributed by atoms with Gasteiger partial charge in [0.2, 0.25) is 5.91 Å². The predicted octanol–water partition coefficient (Wildman–Crippen LogP) is 1.18. The number of ether oxygens (including phenoxy) is 1. The Bertz CT molecular complexity index is 436. The summed E-state index contributed by atoms with van der Waals surface area (Å²) in [6.45, 7) is 0.159. The minimum Gasteiger partial charge on any atom is -0.491 e. The van der Waals surface area contributed by atoms with Crippen molar-refractivity contribution in [3.05, 3.63) is 23.8 Å². The van der Waals surface area contributed by atoms with Crippen molar-refractivity contribution >= 4 is 23.2 Å². The van der Waals surface area contributed by atoms with E-state index in [0.717, 1.165) is 11.3 Å². The molecule has 1 aliphatic rings. The number of rotatable bonds is 4. The molecule has 1 atom stereocenters. The monoisotopic (exact) mass is 255 g/mol. The number of anilines is 1. The van der Waals surface area contributed by atoms with Crippen molar-refractivity contribution in [3.8, 4) is 5.75 Å². The van der Waals surface area contributed by atoms with E-state index in [2.05, 4.69) is 0 Å². The van der Waals surface area contributed by atoms with Gasteiger partial charge in [0.25, 0.3) is 0 Å². The minimum atomic E-state index is -0.672. The molecule has 17 heavy (non-hydrogen) atoms. The van der Waals surface area contributed by atoms with Crippen molar-refractivity contribution in [1.29, 1.82) is 0 Å². The largest absolute Gasteiger partial charge is 0.491 e. The third-order valence-corrected chi connectivity index (χ3v) is 3.10. The molecule has 1 aromatic rings. The Labute approximate surface area is 105 Å². The normalized spacial score (nSPS) is 15.9. The van der Waals surface area contributed by atoms with Crippen LogP contribution >= 0.6 is 11.6 Å². The highest BCUT2D eigenvalue weighted by Crippen LogP contribution is 2.30. The molecule has 1 N–H and O–H groups in total. The van der Waals surface area contributed by atoms with Crippen molar-refractivity contribution in [3.63, 3.8) is 0 Å². The van der Waals surface area contributed by atoms with Crippen LogP contribution in [0.2, 0.25) is 0 Å². The van der Waals surface area contributed by atoms with Gasteiger partial charge in [0.05, 0.1) is 12.3 Å². The second-order valence-corrected chi connectivity index (χ2v) is 4.35. The minimum absolute atomic E-state index is 0.0814. The fourth-order valence-electron chi connectivity index (χ4n) is 1.77. The lowest BCUT2D eigenvalue weighted by atomic mass is 10.1. The molecule has 5 heteroatoms. The van der Waals surface area contributed by atoms with Crippen LogP contribution in [0.5, 0.6) is 5.75 Å². The zero-order valence-corrected chi connectivity index (χ0v) is 10.3. The van der Waals surface area contributed by atoms with Gasteiger partial charge in [-0.1, -0.05) is 0 Å². The number of hydrogen-bond acceptors (Lipinski definition) is 3. The number of benzene rings is 1. The molecule has 0 spiro atoms. The number of alkyl halides is 1. The number of aliphatic hydroxyl groups is 1. The number of fused-ring (bicyclic) bond motifs is 1. The van der Waals surface area contributed by atoms with Gasteiger partial charge in [-0.3, -0.25) is 4.79 Å². The number of amides is 1. The summed E-state index contributed by atoms with van der Waals surface area (Å²) in [6, 6.07) is 5.47. The van der Waals surface area contributed by atoms with Crippen LogP contribution in [0.4, 0.5) is 5.69 Å². The molecule has 1 heterocycles. The van der Waals surface area contributed by atoms with E-state index in [0.29, 0.717) is 12.2 Å². The van der Waals surface area contributed by atoms with E-state index >= 15 is 0 Å². The molecule has 1 unspecified atom stereocenters. The first-order chi connectivity index (χ1) is 8.11. The van der Waals surface area contributed by atoms with E-state index in [1.165, 1.54) is 0 Å². The van der Waals surface area contributed by atoms with E-state index in [-0.39, 0.29) is 18.4 Å².